The van der Waals surface area contributed by atoms with Crippen LogP contribution in [0.3, 0.4) is 0 Å². The van der Waals surface area contributed by atoms with E-state index in [9.17, 15) is 18.0 Å². The van der Waals surface area contributed by atoms with Crippen molar-refractivity contribution in [3.05, 3.63) is 78.1 Å². The Morgan fingerprint density at radius 1 is 0.964 bits per heavy atom. The van der Waals surface area contributed by atoms with Crippen molar-refractivity contribution < 1.29 is 18.0 Å². The zero-order valence-corrected chi connectivity index (χ0v) is 14.2. The summed E-state index contributed by atoms with van der Waals surface area (Å²) in [5.41, 5.74) is 0.601. The average molecular weight is 383 g/mol. The predicted molar refractivity (Wildman–Crippen MR) is 95.6 cm³/mol. The first-order valence-corrected chi connectivity index (χ1v) is 8.16. The molecular formula is C19H12F3N5O. The highest BCUT2D eigenvalue weighted by Crippen LogP contribution is 2.30. The highest BCUT2D eigenvalue weighted by atomic mass is 19.4. The first-order chi connectivity index (χ1) is 13.4. The Labute approximate surface area is 156 Å². The molecule has 0 bridgehead atoms. The second kappa shape index (κ2) is 6.76. The van der Waals surface area contributed by atoms with Crippen LogP contribution in [-0.2, 0) is 6.18 Å². The molecule has 140 valence electrons. The lowest BCUT2D eigenvalue weighted by molar-refractivity contribution is -0.137. The number of carbonyl (C=O) groups is 1. The van der Waals surface area contributed by atoms with Gasteiger partial charge in [0.1, 0.15) is 0 Å². The molecule has 0 spiro atoms. The summed E-state index contributed by atoms with van der Waals surface area (Å²) in [5, 5.41) is 10.6. The van der Waals surface area contributed by atoms with Crippen LogP contribution < -0.4 is 5.32 Å². The molecule has 4 rings (SSSR count). The minimum atomic E-state index is -4.42. The van der Waals surface area contributed by atoms with Crippen LogP contribution in [0.4, 0.5) is 18.9 Å². The molecule has 2 heterocycles. The van der Waals surface area contributed by atoms with Crippen molar-refractivity contribution in [2.45, 2.75) is 6.18 Å². The van der Waals surface area contributed by atoms with E-state index in [1.54, 1.807) is 47.1 Å². The van der Waals surface area contributed by atoms with Crippen molar-refractivity contribution in [2.24, 2.45) is 0 Å². The van der Waals surface area contributed by atoms with E-state index in [0.717, 1.165) is 17.7 Å². The summed E-state index contributed by atoms with van der Waals surface area (Å²) >= 11 is 0. The molecule has 28 heavy (non-hydrogen) atoms. The number of halogens is 3. The molecule has 0 saturated carbocycles. The fraction of sp³-hybridized carbons (Fsp3) is 0.0526. The fourth-order valence-corrected chi connectivity index (χ4v) is 2.66. The number of carbonyl (C=O) groups excluding carboxylic acids is 1. The SMILES string of the molecule is O=C(Nc1ccc(C(F)(F)F)cc1)c1ccc(-c2nnc3ncccn23)cc1. The van der Waals surface area contributed by atoms with E-state index in [1.165, 1.54) is 12.1 Å². The monoisotopic (exact) mass is 383 g/mol. The van der Waals surface area contributed by atoms with Crippen LogP contribution in [0.25, 0.3) is 17.2 Å². The molecule has 0 aliphatic heterocycles. The van der Waals surface area contributed by atoms with Crippen LogP contribution in [0.1, 0.15) is 15.9 Å². The molecule has 0 unspecified atom stereocenters. The number of hydrogen-bond donors (Lipinski definition) is 1. The van der Waals surface area contributed by atoms with Gasteiger partial charge in [0.25, 0.3) is 11.7 Å². The summed E-state index contributed by atoms with van der Waals surface area (Å²) in [6.45, 7) is 0. The molecule has 0 radical (unpaired) electrons. The highest BCUT2D eigenvalue weighted by molar-refractivity contribution is 6.04. The number of nitrogens with one attached hydrogen (secondary N) is 1. The van der Waals surface area contributed by atoms with Gasteiger partial charge < -0.3 is 5.32 Å². The van der Waals surface area contributed by atoms with Crippen LogP contribution in [-0.4, -0.2) is 25.5 Å². The fourth-order valence-electron chi connectivity index (χ4n) is 2.66. The molecule has 0 saturated heterocycles. The summed E-state index contributed by atoms with van der Waals surface area (Å²) < 4.78 is 39.5. The summed E-state index contributed by atoms with van der Waals surface area (Å²) in [7, 11) is 0. The Kier molecular flexibility index (Phi) is 4.26. The highest BCUT2D eigenvalue weighted by Gasteiger charge is 2.30. The minimum Gasteiger partial charge on any atom is -0.322 e. The van der Waals surface area contributed by atoms with Gasteiger partial charge in [-0.25, -0.2) is 4.98 Å². The average Bonchev–Trinajstić information content (AvgIpc) is 3.12. The minimum absolute atomic E-state index is 0.275. The Hall–Kier alpha value is -3.75. The lowest BCUT2D eigenvalue weighted by atomic mass is 10.1. The van der Waals surface area contributed by atoms with E-state index in [2.05, 4.69) is 20.5 Å². The molecule has 0 fully saturated rings. The summed E-state index contributed by atoms with van der Waals surface area (Å²) in [6, 6.07) is 12.7. The molecule has 6 nitrogen and oxygen atoms in total. The van der Waals surface area contributed by atoms with Crippen molar-refractivity contribution in [2.75, 3.05) is 5.32 Å². The van der Waals surface area contributed by atoms with Crippen LogP contribution in [0.2, 0.25) is 0 Å². The Bertz CT molecular complexity index is 1130. The zero-order valence-electron chi connectivity index (χ0n) is 14.2. The van der Waals surface area contributed by atoms with Crippen molar-refractivity contribution in [3.63, 3.8) is 0 Å². The molecule has 0 aliphatic rings. The van der Waals surface area contributed by atoms with Crippen molar-refractivity contribution in [3.8, 4) is 11.4 Å². The molecule has 4 aromatic rings. The van der Waals surface area contributed by atoms with E-state index in [1.807, 2.05) is 0 Å². The number of nitrogens with zero attached hydrogens (tertiary/aromatic N) is 4. The molecule has 9 heteroatoms. The van der Waals surface area contributed by atoms with Gasteiger partial charge >= 0.3 is 6.18 Å². The van der Waals surface area contributed by atoms with Crippen molar-refractivity contribution >= 4 is 17.4 Å². The number of fused-ring (bicyclic) bond motifs is 1. The largest absolute Gasteiger partial charge is 0.416 e. The topological polar surface area (TPSA) is 72.2 Å². The zero-order chi connectivity index (χ0) is 19.7. The normalized spacial score (nSPS) is 11.5. The number of hydrogen-bond acceptors (Lipinski definition) is 4. The molecule has 2 aromatic heterocycles. The number of rotatable bonds is 3. The lowest BCUT2D eigenvalue weighted by Gasteiger charge is -2.09. The van der Waals surface area contributed by atoms with Gasteiger partial charge in [0.2, 0.25) is 0 Å². The summed E-state index contributed by atoms with van der Waals surface area (Å²) in [4.78, 5) is 16.4. The second-order valence-electron chi connectivity index (χ2n) is 5.92. The Morgan fingerprint density at radius 3 is 2.36 bits per heavy atom. The Morgan fingerprint density at radius 2 is 1.68 bits per heavy atom. The van der Waals surface area contributed by atoms with Crippen molar-refractivity contribution in [1.82, 2.24) is 19.6 Å². The number of amides is 1. The van der Waals surface area contributed by atoms with Gasteiger partial charge in [0.15, 0.2) is 5.82 Å². The van der Waals surface area contributed by atoms with Gasteiger partial charge in [-0.1, -0.05) is 12.1 Å². The number of alkyl halides is 3. The van der Waals surface area contributed by atoms with Gasteiger partial charge in [-0.05, 0) is 42.5 Å². The number of benzene rings is 2. The first-order valence-electron chi connectivity index (χ1n) is 8.16. The third-order valence-corrected chi connectivity index (χ3v) is 4.06. The number of anilines is 1. The number of aromatic nitrogens is 4. The van der Waals surface area contributed by atoms with Crippen LogP contribution in [0, 0.1) is 0 Å². The van der Waals surface area contributed by atoms with Crippen LogP contribution in [0.15, 0.2) is 67.0 Å². The maximum Gasteiger partial charge on any atom is 0.416 e. The smallest absolute Gasteiger partial charge is 0.322 e. The Balaban J connectivity index is 1.51. The van der Waals surface area contributed by atoms with E-state index >= 15 is 0 Å². The standard InChI is InChI=1S/C19H12F3N5O/c20-19(21,22)14-6-8-15(9-7-14)24-17(28)13-4-2-12(3-5-13)16-25-26-18-23-10-1-11-27(16)18/h1-11H,(H,24,28). The predicted octanol–water partition coefficient (Wildman–Crippen LogP) is 4.06. The molecule has 0 aliphatic carbocycles. The van der Waals surface area contributed by atoms with E-state index in [0.29, 0.717) is 17.2 Å². The van der Waals surface area contributed by atoms with Gasteiger partial charge in [-0.2, -0.15) is 13.2 Å². The summed E-state index contributed by atoms with van der Waals surface area (Å²) in [5.74, 6) is 0.610. The molecule has 1 amide bonds. The summed E-state index contributed by atoms with van der Waals surface area (Å²) in [6.07, 6.45) is -1.02. The quantitative estimate of drug-likeness (QED) is 0.579. The first kappa shape index (κ1) is 17.7. The maximum absolute atomic E-state index is 12.6. The van der Waals surface area contributed by atoms with Crippen LogP contribution >= 0.6 is 0 Å². The van der Waals surface area contributed by atoms with Gasteiger partial charge in [0, 0.05) is 29.2 Å². The van der Waals surface area contributed by atoms with Gasteiger partial charge in [-0.3, -0.25) is 9.20 Å². The van der Waals surface area contributed by atoms with E-state index < -0.39 is 17.6 Å². The van der Waals surface area contributed by atoms with E-state index in [-0.39, 0.29) is 5.69 Å². The maximum atomic E-state index is 12.6. The molecule has 1 N–H and O–H groups in total. The van der Waals surface area contributed by atoms with Crippen molar-refractivity contribution in [1.29, 1.82) is 0 Å². The van der Waals surface area contributed by atoms with Gasteiger partial charge in [-0.15, -0.1) is 10.2 Å². The molecule has 0 atom stereocenters. The van der Waals surface area contributed by atoms with E-state index in [4.69, 9.17) is 0 Å². The molecular weight excluding hydrogens is 371 g/mol. The van der Waals surface area contributed by atoms with Crippen LogP contribution in [0.5, 0.6) is 0 Å². The third kappa shape index (κ3) is 3.41. The van der Waals surface area contributed by atoms with Gasteiger partial charge in [0.05, 0.1) is 5.56 Å². The third-order valence-electron chi connectivity index (χ3n) is 4.06. The molecule has 2 aromatic carbocycles. The lowest BCUT2D eigenvalue weighted by Crippen LogP contribution is -2.12. The second-order valence-corrected chi connectivity index (χ2v) is 5.92.